The van der Waals surface area contributed by atoms with Crippen LogP contribution in [0.15, 0.2) is 30.3 Å². The molecule has 1 aliphatic heterocycles. The Hall–Kier alpha value is -0.780. The Labute approximate surface area is 111 Å². The van der Waals surface area contributed by atoms with Gasteiger partial charge in [-0.15, -0.1) is 12.4 Å². The van der Waals surface area contributed by atoms with Gasteiger partial charge in [-0.1, -0.05) is 30.3 Å². The van der Waals surface area contributed by atoms with E-state index in [1.807, 2.05) is 0 Å². The largest absolute Gasteiger partial charge is 0.408 e. The Morgan fingerprint density at radius 3 is 2.11 bits per heavy atom. The molecule has 0 radical (unpaired) electrons. The van der Waals surface area contributed by atoms with Crippen LogP contribution in [-0.4, -0.2) is 37.3 Å². The van der Waals surface area contributed by atoms with Crippen molar-refractivity contribution in [3.05, 3.63) is 35.9 Å². The molecule has 1 aromatic carbocycles. The van der Waals surface area contributed by atoms with Crippen LogP contribution in [0.2, 0.25) is 0 Å². The maximum atomic E-state index is 13.1. The minimum absolute atomic E-state index is 0. The third-order valence-electron chi connectivity index (χ3n) is 2.94. The quantitative estimate of drug-likeness (QED) is 0.896. The van der Waals surface area contributed by atoms with Crippen molar-refractivity contribution < 1.29 is 13.2 Å². The van der Waals surface area contributed by atoms with Gasteiger partial charge in [-0.3, -0.25) is 4.90 Å². The van der Waals surface area contributed by atoms with Crippen LogP contribution in [-0.2, 0) is 0 Å². The van der Waals surface area contributed by atoms with Gasteiger partial charge in [-0.2, -0.15) is 13.2 Å². The van der Waals surface area contributed by atoms with Gasteiger partial charge in [-0.25, -0.2) is 0 Å². The lowest BCUT2D eigenvalue weighted by atomic mass is 10.0. The number of halogens is 4. The van der Waals surface area contributed by atoms with Gasteiger partial charge in [-0.05, 0) is 5.56 Å². The summed E-state index contributed by atoms with van der Waals surface area (Å²) in [6, 6.07) is 6.63. The lowest BCUT2D eigenvalue weighted by Gasteiger charge is -2.36. The van der Waals surface area contributed by atoms with Crippen LogP contribution in [0.3, 0.4) is 0 Å². The number of nitrogens with one attached hydrogen (secondary N) is 1. The summed E-state index contributed by atoms with van der Waals surface area (Å²) in [5, 5.41) is 3.06. The van der Waals surface area contributed by atoms with Gasteiger partial charge < -0.3 is 5.32 Å². The Morgan fingerprint density at radius 2 is 1.61 bits per heavy atom. The highest BCUT2D eigenvalue weighted by Crippen LogP contribution is 2.37. The van der Waals surface area contributed by atoms with E-state index < -0.39 is 12.2 Å². The molecule has 0 aromatic heterocycles. The normalized spacial score (nSPS) is 19.1. The predicted molar refractivity (Wildman–Crippen MR) is 66.9 cm³/mol. The maximum absolute atomic E-state index is 13.1. The molecule has 0 bridgehead atoms. The summed E-state index contributed by atoms with van der Waals surface area (Å²) < 4.78 is 39.4. The molecule has 1 saturated heterocycles. The van der Waals surface area contributed by atoms with Gasteiger partial charge in [0, 0.05) is 26.2 Å². The second kappa shape index (κ2) is 6.41. The predicted octanol–water partition coefficient (Wildman–Crippen LogP) is 2.62. The molecule has 102 valence electrons. The van der Waals surface area contributed by atoms with Gasteiger partial charge >= 0.3 is 6.18 Å². The number of piperazine rings is 1. The Balaban J connectivity index is 0.00000162. The summed E-state index contributed by atoms with van der Waals surface area (Å²) in [6.45, 7) is 2.08. The molecule has 1 aromatic rings. The summed E-state index contributed by atoms with van der Waals surface area (Å²) >= 11 is 0. The zero-order valence-electron chi connectivity index (χ0n) is 9.78. The fourth-order valence-electron chi connectivity index (χ4n) is 2.18. The molecule has 1 fully saturated rings. The van der Waals surface area contributed by atoms with Crippen LogP contribution < -0.4 is 5.32 Å². The number of hydrogen-bond donors (Lipinski definition) is 1. The van der Waals surface area contributed by atoms with E-state index in [0.717, 1.165) is 0 Å². The summed E-state index contributed by atoms with van der Waals surface area (Å²) in [4.78, 5) is 1.49. The number of rotatable bonds is 2. The first-order valence-corrected chi connectivity index (χ1v) is 5.65. The van der Waals surface area contributed by atoms with E-state index in [9.17, 15) is 13.2 Å². The standard InChI is InChI=1S/C12H15F3N2.ClH/c13-12(14,15)11(10-4-2-1-3-5-10)17-8-6-16-7-9-17;/h1-5,11,16H,6-9H2;1H/t11-;/m1./s1. The van der Waals surface area contributed by atoms with Crippen LogP contribution >= 0.6 is 12.4 Å². The molecule has 1 N–H and O–H groups in total. The minimum Gasteiger partial charge on any atom is -0.314 e. The highest BCUT2D eigenvalue weighted by atomic mass is 35.5. The van der Waals surface area contributed by atoms with E-state index >= 15 is 0 Å². The summed E-state index contributed by atoms with van der Waals surface area (Å²) in [5.41, 5.74) is 0.321. The first kappa shape index (κ1) is 15.3. The molecule has 0 spiro atoms. The molecule has 1 heterocycles. The van der Waals surface area contributed by atoms with Gasteiger partial charge in [0.15, 0.2) is 0 Å². The van der Waals surface area contributed by atoms with Crippen LogP contribution in [0.5, 0.6) is 0 Å². The number of alkyl halides is 3. The van der Waals surface area contributed by atoms with Crippen LogP contribution in [0, 0.1) is 0 Å². The average Bonchev–Trinajstić information content (AvgIpc) is 2.30. The molecule has 0 saturated carbocycles. The lowest BCUT2D eigenvalue weighted by Crippen LogP contribution is -2.49. The topological polar surface area (TPSA) is 15.3 Å². The van der Waals surface area contributed by atoms with E-state index in [-0.39, 0.29) is 12.4 Å². The van der Waals surface area contributed by atoms with E-state index in [2.05, 4.69) is 5.32 Å². The molecular weight excluding hydrogens is 265 g/mol. The van der Waals surface area contributed by atoms with Crippen molar-refractivity contribution in [2.75, 3.05) is 26.2 Å². The zero-order chi connectivity index (χ0) is 12.3. The summed E-state index contributed by atoms with van der Waals surface area (Å²) in [7, 11) is 0. The SMILES string of the molecule is Cl.FC(F)(F)[C@@H](c1ccccc1)N1CCNCC1. The Kier molecular flexibility index (Phi) is 5.44. The molecule has 0 amide bonds. The lowest BCUT2D eigenvalue weighted by molar-refractivity contribution is -0.187. The smallest absolute Gasteiger partial charge is 0.314 e. The summed E-state index contributed by atoms with van der Waals surface area (Å²) in [5.74, 6) is 0. The first-order valence-electron chi connectivity index (χ1n) is 5.65. The third-order valence-corrected chi connectivity index (χ3v) is 2.94. The van der Waals surface area contributed by atoms with Gasteiger partial charge in [0.05, 0.1) is 0 Å². The van der Waals surface area contributed by atoms with Crippen molar-refractivity contribution in [3.8, 4) is 0 Å². The van der Waals surface area contributed by atoms with Crippen molar-refractivity contribution in [2.45, 2.75) is 12.2 Å². The molecule has 2 nitrogen and oxygen atoms in total. The molecule has 0 aliphatic carbocycles. The van der Waals surface area contributed by atoms with Crippen molar-refractivity contribution in [1.82, 2.24) is 10.2 Å². The van der Waals surface area contributed by atoms with E-state index in [4.69, 9.17) is 0 Å². The highest BCUT2D eigenvalue weighted by Gasteiger charge is 2.44. The molecule has 2 rings (SSSR count). The van der Waals surface area contributed by atoms with E-state index in [0.29, 0.717) is 31.7 Å². The number of nitrogens with zero attached hydrogens (tertiary/aromatic N) is 1. The second-order valence-corrected chi connectivity index (χ2v) is 4.14. The van der Waals surface area contributed by atoms with Crippen LogP contribution in [0.25, 0.3) is 0 Å². The van der Waals surface area contributed by atoms with Crippen molar-refractivity contribution in [2.24, 2.45) is 0 Å². The fourth-order valence-corrected chi connectivity index (χ4v) is 2.18. The Bertz CT molecular complexity index is 350. The third kappa shape index (κ3) is 3.60. The van der Waals surface area contributed by atoms with E-state index in [1.54, 1.807) is 30.3 Å². The second-order valence-electron chi connectivity index (χ2n) is 4.14. The first-order chi connectivity index (χ1) is 8.09. The Morgan fingerprint density at radius 1 is 1.06 bits per heavy atom. The molecule has 0 unspecified atom stereocenters. The number of hydrogen-bond acceptors (Lipinski definition) is 2. The average molecular weight is 281 g/mol. The van der Waals surface area contributed by atoms with Crippen LogP contribution in [0.1, 0.15) is 11.6 Å². The minimum atomic E-state index is -4.22. The number of benzene rings is 1. The molecule has 6 heteroatoms. The monoisotopic (exact) mass is 280 g/mol. The highest BCUT2D eigenvalue weighted by molar-refractivity contribution is 5.85. The maximum Gasteiger partial charge on any atom is 0.408 e. The van der Waals surface area contributed by atoms with Gasteiger partial charge in [0.1, 0.15) is 6.04 Å². The molecule has 1 aliphatic rings. The van der Waals surface area contributed by atoms with Crippen molar-refractivity contribution in [1.29, 1.82) is 0 Å². The van der Waals surface area contributed by atoms with Gasteiger partial charge in [0.2, 0.25) is 0 Å². The van der Waals surface area contributed by atoms with Crippen molar-refractivity contribution >= 4 is 12.4 Å². The summed E-state index contributed by atoms with van der Waals surface area (Å²) in [6.07, 6.45) is -4.22. The van der Waals surface area contributed by atoms with Gasteiger partial charge in [0.25, 0.3) is 0 Å². The van der Waals surface area contributed by atoms with E-state index in [1.165, 1.54) is 4.90 Å². The molecule has 18 heavy (non-hydrogen) atoms. The van der Waals surface area contributed by atoms with Crippen LogP contribution in [0.4, 0.5) is 13.2 Å². The van der Waals surface area contributed by atoms with Crippen molar-refractivity contribution in [3.63, 3.8) is 0 Å². The zero-order valence-corrected chi connectivity index (χ0v) is 10.6. The molecular formula is C12H16ClF3N2. The molecule has 1 atom stereocenters. The fraction of sp³-hybridized carbons (Fsp3) is 0.500.